The molecule has 18 heteroatoms. The van der Waals surface area contributed by atoms with E-state index in [4.69, 9.17) is 9.47 Å². The fourth-order valence-electron chi connectivity index (χ4n) is 3.27. The van der Waals surface area contributed by atoms with Crippen LogP contribution in [0.15, 0.2) is 18.1 Å². The Morgan fingerprint density at radius 1 is 1.21 bits per heavy atom. The van der Waals surface area contributed by atoms with E-state index in [0.717, 1.165) is 5.70 Å². The number of hydrazine groups is 2. The minimum Gasteiger partial charge on any atom is -0.346 e. The molecular formula is C15H26N6O10S2. The van der Waals surface area contributed by atoms with E-state index in [2.05, 4.69) is 29.6 Å². The van der Waals surface area contributed by atoms with Gasteiger partial charge in [0.25, 0.3) is 0 Å². The van der Waals surface area contributed by atoms with Crippen LogP contribution in [0, 0.1) is 0 Å². The Morgan fingerprint density at radius 2 is 1.94 bits per heavy atom. The summed E-state index contributed by atoms with van der Waals surface area (Å²) in [6.45, 7) is 4.25. The largest absolute Gasteiger partial charge is 0.397 e. The number of hydrogen-bond acceptors (Lipinski definition) is 13. The molecule has 4 N–H and O–H groups in total. The summed E-state index contributed by atoms with van der Waals surface area (Å²) in [5, 5.41) is 9.31. The molecule has 3 rings (SSSR count). The molecule has 2 aliphatic heterocycles. The van der Waals surface area contributed by atoms with E-state index in [1.54, 1.807) is 17.1 Å². The second kappa shape index (κ2) is 10.6. The average Bonchev–Trinajstić information content (AvgIpc) is 3.36. The third kappa shape index (κ3) is 7.83. The first-order valence-corrected chi connectivity index (χ1v) is 12.6. The van der Waals surface area contributed by atoms with Crippen LogP contribution in [0.25, 0.3) is 0 Å². The number of ether oxygens (including phenoxy) is 2. The summed E-state index contributed by atoms with van der Waals surface area (Å²) in [6.07, 6.45) is -1.84. The molecule has 2 aliphatic rings. The molecule has 0 aromatic carbocycles. The second-order valence-electron chi connectivity index (χ2n) is 7.16. The van der Waals surface area contributed by atoms with Crippen molar-refractivity contribution in [3.8, 4) is 0 Å². The molecule has 4 atom stereocenters. The highest BCUT2D eigenvalue weighted by Crippen LogP contribution is 2.29. The number of allylic oxidation sites excluding steroid dienone is 1. The summed E-state index contributed by atoms with van der Waals surface area (Å²) in [6, 6.07) is 0. The minimum absolute atomic E-state index is 0.0524. The molecule has 3 heterocycles. The molecule has 1 aromatic rings. The fourth-order valence-corrected chi connectivity index (χ4v) is 4.29. The van der Waals surface area contributed by atoms with Crippen molar-refractivity contribution in [2.24, 2.45) is 0 Å². The van der Waals surface area contributed by atoms with E-state index in [0.29, 0.717) is 18.7 Å². The van der Waals surface area contributed by atoms with Gasteiger partial charge in [0.2, 0.25) is 0 Å². The standard InChI is InChI=1S/C15H26N6O10S2/c1-3-10-6-21(19-16-10)8-13-15(31-33(25,26)27)12(30-32(22,23)24)5-14(29-13)28-9-11-7-20(4-2)18-17-11/h6-7,12-16,19H,3-5,8-9H2,1-2H3,(H,22,23,24)(H,25,26,27)/t12-,13-,14+,15+/m1/s1. The van der Waals surface area contributed by atoms with Gasteiger partial charge < -0.3 is 14.9 Å². The van der Waals surface area contributed by atoms with Gasteiger partial charge in [-0.2, -0.15) is 16.8 Å². The third-order valence-corrected chi connectivity index (χ3v) is 5.67. The zero-order chi connectivity index (χ0) is 24.2. The first-order valence-electron chi connectivity index (χ1n) is 9.92. The van der Waals surface area contributed by atoms with Crippen molar-refractivity contribution in [3.05, 3.63) is 23.8 Å². The molecule has 0 unspecified atom stereocenters. The second-order valence-corrected chi connectivity index (χ2v) is 9.26. The highest BCUT2D eigenvalue weighted by atomic mass is 32.3. The van der Waals surface area contributed by atoms with Crippen molar-refractivity contribution in [3.63, 3.8) is 0 Å². The van der Waals surface area contributed by atoms with Crippen LogP contribution in [0.3, 0.4) is 0 Å². The SMILES string of the molecule is CCC1=CN(C[C@H]2O[C@H](OCc3cn(CC)nn3)C[C@@H](OS(=O)(=O)O)[C@@H]2OS(=O)(=O)O)NN1. The predicted octanol–water partition coefficient (Wildman–Crippen LogP) is -1.12. The molecule has 0 bridgehead atoms. The van der Waals surface area contributed by atoms with Gasteiger partial charge in [-0.25, -0.2) is 8.37 Å². The first kappa shape index (κ1) is 25.7. The first-order chi connectivity index (χ1) is 15.5. The quantitative estimate of drug-likeness (QED) is 0.258. The highest BCUT2D eigenvalue weighted by molar-refractivity contribution is 7.81. The van der Waals surface area contributed by atoms with Crippen molar-refractivity contribution < 1.29 is 43.8 Å². The van der Waals surface area contributed by atoms with Crippen LogP contribution in [0.1, 0.15) is 32.4 Å². The highest BCUT2D eigenvalue weighted by Gasteiger charge is 2.46. The van der Waals surface area contributed by atoms with Gasteiger partial charge in [0, 0.05) is 24.9 Å². The molecule has 16 nitrogen and oxygen atoms in total. The maximum absolute atomic E-state index is 11.4. The van der Waals surface area contributed by atoms with Crippen LogP contribution >= 0.6 is 0 Å². The van der Waals surface area contributed by atoms with Crippen molar-refractivity contribution in [1.29, 1.82) is 0 Å². The van der Waals surface area contributed by atoms with Gasteiger partial charge in [-0.1, -0.05) is 12.1 Å². The molecule has 1 aromatic heterocycles. The van der Waals surface area contributed by atoms with Crippen molar-refractivity contribution in [2.75, 3.05) is 6.54 Å². The van der Waals surface area contributed by atoms with E-state index in [1.165, 1.54) is 5.01 Å². The minimum atomic E-state index is -5.04. The lowest BCUT2D eigenvalue weighted by atomic mass is 10.0. The maximum Gasteiger partial charge on any atom is 0.397 e. The Morgan fingerprint density at radius 3 is 2.52 bits per heavy atom. The number of aromatic nitrogens is 3. The molecule has 0 radical (unpaired) electrons. The molecule has 188 valence electrons. The average molecular weight is 515 g/mol. The third-order valence-electron chi connectivity index (χ3n) is 4.72. The van der Waals surface area contributed by atoms with Crippen LogP contribution in [0.4, 0.5) is 0 Å². The van der Waals surface area contributed by atoms with Crippen LogP contribution < -0.4 is 11.0 Å². The van der Waals surface area contributed by atoms with Crippen molar-refractivity contribution in [2.45, 2.75) is 64.4 Å². The smallest absolute Gasteiger partial charge is 0.346 e. The van der Waals surface area contributed by atoms with Crippen LogP contribution in [0.5, 0.6) is 0 Å². The zero-order valence-corrected chi connectivity index (χ0v) is 19.4. The molecule has 0 amide bonds. The number of aryl methyl sites for hydroxylation is 1. The lowest BCUT2D eigenvalue weighted by molar-refractivity contribution is -0.249. The van der Waals surface area contributed by atoms with E-state index in [1.807, 2.05) is 13.8 Å². The van der Waals surface area contributed by atoms with Gasteiger partial charge in [0.05, 0.1) is 19.3 Å². The summed E-state index contributed by atoms with van der Waals surface area (Å²) in [4.78, 5) is 0. The normalized spacial score (nSPS) is 26.3. The number of nitrogens with one attached hydrogen (secondary N) is 2. The number of rotatable bonds is 11. The summed E-state index contributed by atoms with van der Waals surface area (Å²) >= 11 is 0. The molecule has 0 aliphatic carbocycles. The fraction of sp³-hybridized carbons (Fsp3) is 0.733. The zero-order valence-electron chi connectivity index (χ0n) is 17.8. The molecule has 1 saturated heterocycles. The molecule has 0 saturated carbocycles. The summed E-state index contributed by atoms with van der Waals surface area (Å²) in [5.41, 5.74) is 6.98. The van der Waals surface area contributed by atoms with Gasteiger partial charge in [-0.05, 0) is 13.3 Å². The van der Waals surface area contributed by atoms with Gasteiger partial charge in [-0.15, -0.1) is 10.6 Å². The predicted molar refractivity (Wildman–Crippen MR) is 108 cm³/mol. The van der Waals surface area contributed by atoms with Crippen LogP contribution in [0.2, 0.25) is 0 Å². The summed E-state index contributed by atoms with van der Waals surface area (Å²) < 4.78 is 86.4. The van der Waals surface area contributed by atoms with Gasteiger partial charge in [0.1, 0.15) is 24.0 Å². The Bertz CT molecular complexity index is 1050. The lowest BCUT2D eigenvalue weighted by Crippen LogP contribution is -2.56. The summed E-state index contributed by atoms with van der Waals surface area (Å²) in [5.74, 6) is 0. The van der Waals surface area contributed by atoms with Gasteiger partial charge in [0.15, 0.2) is 6.29 Å². The summed E-state index contributed by atoms with van der Waals surface area (Å²) in [7, 11) is -10.0. The van der Waals surface area contributed by atoms with E-state index < -0.39 is 45.4 Å². The maximum atomic E-state index is 11.4. The van der Waals surface area contributed by atoms with Crippen molar-refractivity contribution >= 4 is 20.8 Å². The van der Waals surface area contributed by atoms with Crippen LogP contribution in [-0.4, -0.2) is 77.1 Å². The Hall–Kier alpha value is -1.90. The topological polar surface area (TPSA) is 204 Å². The van der Waals surface area contributed by atoms with Crippen molar-refractivity contribution in [1.82, 2.24) is 31.0 Å². The van der Waals surface area contributed by atoms with Gasteiger partial charge >= 0.3 is 20.8 Å². The van der Waals surface area contributed by atoms with Crippen LogP contribution in [-0.2, 0) is 51.8 Å². The van der Waals surface area contributed by atoms with Gasteiger partial charge in [-0.3, -0.25) is 18.8 Å². The van der Waals surface area contributed by atoms with E-state index in [-0.39, 0.29) is 19.6 Å². The molecule has 33 heavy (non-hydrogen) atoms. The Kier molecular flexibility index (Phi) is 8.24. The molecular weight excluding hydrogens is 488 g/mol. The lowest BCUT2D eigenvalue weighted by Gasteiger charge is -2.40. The number of hydrogen-bond donors (Lipinski definition) is 4. The van der Waals surface area contributed by atoms with E-state index in [9.17, 15) is 25.9 Å². The Labute approximate surface area is 190 Å². The molecule has 0 spiro atoms. The Balaban J connectivity index is 1.80. The van der Waals surface area contributed by atoms with E-state index >= 15 is 0 Å². The number of nitrogens with zero attached hydrogens (tertiary/aromatic N) is 4. The monoisotopic (exact) mass is 514 g/mol. The molecule has 1 fully saturated rings.